The van der Waals surface area contributed by atoms with Crippen molar-refractivity contribution in [2.45, 2.75) is 17.9 Å². The lowest BCUT2D eigenvalue weighted by atomic mass is 10.3. The van der Waals surface area contributed by atoms with Gasteiger partial charge in [0.15, 0.2) is 5.82 Å². The highest BCUT2D eigenvalue weighted by Crippen LogP contribution is 2.17. The second-order valence-electron chi connectivity index (χ2n) is 4.49. The third kappa shape index (κ3) is 6.67. The number of aromatic amines is 1. The molecule has 11 heteroatoms. The summed E-state index contributed by atoms with van der Waals surface area (Å²) in [7, 11) is 0. The van der Waals surface area contributed by atoms with Gasteiger partial charge in [-0.15, -0.1) is 5.10 Å². The van der Waals surface area contributed by atoms with Crippen molar-refractivity contribution in [2.24, 2.45) is 0 Å². The van der Waals surface area contributed by atoms with E-state index in [1.165, 1.54) is 0 Å². The summed E-state index contributed by atoms with van der Waals surface area (Å²) >= 11 is 6.68. The van der Waals surface area contributed by atoms with Crippen molar-refractivity contribution < 1.29 is 22.7 Å². The van der Waals surface area contributed by atoms with Crippen LogP contribution < -0.4 is 10.1 Å². The fraction of sp³-hybridized carbons (Fsp3) is 0.308. The van der Waals surface area contributed by atoms with Gasteiger partial charge in [0.05, 0.1) is 5.75 Å². The molecule has 0 aliphatic heterocycles. The Bertz CT molecular complexity index is 679. The van der Waals surface area contributed by atoms with E-state index in [9.17, 15) is 18.0 Å². The zero-order valence-electron chi connectivity index (χ0n) is 12.1. The van der Waals surface area contributed by atoms with Crippen molar-refractivity contribution in [1.29, 1.82) is 0 Å². The number of thioether (sulfide) groups is 1. The Morgan fingerprint density at radius 3 is 2.71 bits per heavy atom. The average Bonchev–Trinajstić information content (AvgIpc) is 2.98. The molecule has 2 aromatic rings. The number of hydrogen-bond donors (Lipinski definition) is 2. The van der Waals surface area contributed by atoms with E-state index in [2.05, 4.69) is 15.2 Å². The molecule has 0 saturated heterocycles. The molecule has 0 fully saturated rings. The van der Waals surface area contributed by atoms with Crippen molar-refractivity contribution in [3.05, 3.63) is 35.1 Å². The molecule has 1 amide bonds. The lowest BCUT2D eigenvalue weighted by molar-refractivity contribution is -0.136. The predicted molar refractivity (Wildman–Crippen MR) is 82.0 cm³/mol. The van der Waals surface area contributed by atoms with Crippen LogP contribution in [0.15, 0.2) is 29.4 Å². The Balaban J connectivity index is 1.74. The number of amides is 1. The molecular formula is C13H12ClF3N4O2S. The zero-order valence-corrected chi connectivity index (χ0v) is 13.6. The van der Waals surface area contributed by atoms with E-state index in [0.717, 1.165) is 11.8 Å². The normalized spacial score (nSPS) is 11.3. The minimum Gasteiger partial charge on any atom is -0.486 e. The number of nitrogens with zero attached hydrogens (tertiary/aromatic N) is 2. The van der Waals surface area contributed by atoms with E-state index in [0.29, 0.717) is 16.6 Å². The fourth-order valence-electron chi connectivity index (χ4n) is 1.47. The van der Waals surface area contributed by atoms with E-state index in [1.807, 2.05) is 0 Å². The first-order chi connectivity index (χ1) is 11.3. The highest BCUT2D eigenvalue weighted by atomic mass is 35.5. The second-order valence-corrected chi connectivity index (χ2v) is 5.87. The van der Waals surface area contributed by atoms with Crippen molar-refractivity contribution in [1.82, 2.24) is 20.5 Å². The Kier molecular flexibility index (Phi) is 6.32. The lowest BCUT2D eigenvalue weighted by Crippen LogP contribution is -2.34. The lowest BCUT2D eigenvalue weighted by Gasteiger charge is -2.07. The molecule has 0 aliphatic carbocycles. The molecule has 0 atom stereocenters. The van der Waals surface area contributed by atoms with Gasteiger partial charge in [0, 0.05) is 5.02 Å². The Morgan fingerprint density at radius 2 is 2.04 bits per heavy atom. The predicted octanol–water partition coefficient (Wildman–Crippen LogP) is 2.81. The maximum Gasteiger partial charge on any atom is 0.405 e. The van der Waals surface area contributed by atoms with Crippen LogP contribution in [0.2, 0.25) is 5.02 Å². The van der Waals surface area contributed by atoms with Gasteiger partial charge < -0.3 is 10.1 Å². The van der Waals surface area contributed by atoms with Crippen LogP contribution in [0.1, 0.15) is 5.82 Å². The number of H-pyrrole nitrogens is 1. The van der Waals surface area contributed by atoms with Crippen LogP contribution in [0.3, 0.4) is 0 Å². The number of hydrogen-bond acceptors (Lipinski definition) is 5. The van der Waals surface area contributed by atoms with Gasteiger partial charge in [0.1, 0.15) is 18.9 Å². The number of benzene rings is 1. The summed E-state index contributed by atoms with van der Waals surface area (Å²) in [5.41, 5.74) is 0. The number of alkyl halides is 3. The average molecular weight is 381 g/mol. The van der Waals surface area contributed by atoms with E-state index in [-0.39, 0.29) is 17.5 Å². The first-order valence-corrected chi connectivity index (χ1v) is 7.94. The summed E-state index contributed by atoms with van der Waals surface area (Å²) in [5, 5.41) is 9.06. The number of carbonyl (C=O) groups excluding carboxylic acids is 1. The Morgan fingerprint density at radius 1 is 1.33 bits per heavy atom. The number of aromatic nitrogens is 3. The van der Waals surface area contributed by atoms with Gasteiger partial charge in [-0.3, -0.25) is 9.89 Å². The molecule has 0 bridgehead atoms. The van der Waals surface area contributed by atoms with E-state index in [1.54, 1.807) is 29.6 Å². The molecule has 2 rings (SSSR count). The van der Waals surface area contributed by atoms with Crippen molar-refractivity contribution in [3.8, 4) is 5.75 Å². The van der Waals surface area contributed by atoms with Gasteiger partial charge in [-0.25, -0.2) is 4.98 Å². The smallest absolute Gasteiger partial charge is 0.405 e. The molecule has 0 spiro atoms. The van der Waals surface area contributed by atoms with Crippen molar-refractivity contribution >= 4 is 29.3 Å². The molecular weight excluding hydrogens is 369 g/mol. The van der Waals surface area contributed by atoms with Crippen LogP contribution in [-0.4, -0.2) is 39.6 Å². The molecule has 0 radical (unpaired) electrons. The Hall–Kier alpha value is -1.94. The number of carbonyl (C=O) groups is 1. The molecule has 6 nitrogen and oxygen atoms in total. The number of nitrogens with one attached hydrogen (secondary N) is 2. The van der Waals surface area contributed by atoms with Crippen LogP contribution in [0.25, 0.3) is 0 Å². The van der Waals surface area contributed by atoms with Gasteiger partial charge in [-0.1, -0.05) is 23.4 Å². The van der Waals surface area contributed by atoms with Crippen LogP contribution in [0, 0.1) is 0 Å². The quantitative estimate of drug-likeness (QED) is 0.722. The standard InChI is InChI=1S/C13H12ClF3N4O2S/c14-8-1-3-9(4-2-8)23-5-10-19-12(21-20-10)24-6-11(22)18-7-13(15,16)17/h1-4H,5-7H2,(H,18,22)(H,19,20,21). The maximum absolute atomic E-state index is 12.0. The van der Waals surface area contributed by atoms with Crippen LogP contribution >= 0.6 is 23.4 Å². The van der Waals surface area contributed by atoms with E-state index >= 15 is 0 Å². The topological polar surface area (TPSA) is 79.9 Å². The minimum absolute atomic E-state index is 0.120. The Labute approximate surface area is 144 Å². The number of halogens is 4. The molecule has 1 aromatic heterocycles. The minimum atomic E-state index is -4.43. The number of rotatable bonds is 7. The molecule has 1 heterocycles. The maximum atomic E-state index is 12.0. The third-order valence-corrected chi connectivity index (χ3v) is 3.62. The third-order valence-electron chi connectivity index (χ3n) is 2.52. The molecule has 0 unspecified atom stereocenters. The SMILES string of the molecule is O=C(CSc1n[nH]c(COc2ccc(Cl)cc2)n1)NCC(F)(F)F. The van der Waals surface area contributed by atoms with Crippen LogP contribution in [0.5, 0.6) is 5.75 Å². The monoisotopic (exact) mass is 380 g/mol. The summed E-state index contributed by atoms with van der Waals surface area (Å²) in [6, 6.07) is 6.74. The highest BCUT2D eigenvalue weighted by molar-refractivity contribution is 7.99. The molecule has 0 saturated carbocycles. The van der Waals surface area contributed by atoms with E-state index < -0.39 is 18.6 Å². The van der Waals surface area contributed by atoms with Crippen molar-refractivity contribution in [3.63, 3.8) is 0 Å². The zero-order chi connectivity index (χ0) is 17.6. The second kappa shape index (κ2) is 8.25. The first-order valence-electron chi connectivity index (χ1n) is 6.58. The summed E-state index contributed by atoms with van der Waals surface area (Å²) in [6.45, 7) is -1.24. The summed E-state index contributed by atoms with van der Waals surface area (Å²) in [5.74, 6) is 0.0478. The van der Waals surface area contributed by atoms with Gasteiger partial charge in [0.2, 0.25) is 11.1 Å². The fourth-order valence-corrected chi connectivity index (χ4v) is 2.24. The van der Waals surface area contributed by atoms with E-state index in [4.69, 9.17) is 16.3 Å². The molecule has 2 N–H and O–H groups in total. The largest absolute Gasteiger partial charge is 0.486 e. The van der Waals surface area contributed by atoms with Crippen molar-refractivity contribution in [2.75, 3.05) is 12.3 Å². The summed E-state index contributed by atoms with van der Waals surface area (Å²) < 4.78 is 41.3. The highest BCUT2D eigenvalue weighted by Gasteiger charge is 2.27. The molecule has 24 heavy (non-hydrogen) atoms. The summed E-state index contributed by atoms with van der Waals surface area (Å²) in [6.07, 6.45) is -4.43. The van der Waals surface area contributed by atoms with Gasteiger partial charge in [-0.05, 0) is 24.3 Å². The summed E-state index contributed by atoms with van der Waals surface area (Å²) in [4.78, 5) is 15.3. The van der Waals surface area contributed by atoms with Gasteiger partial charge >= 0.3 is 6.18 Å². The van der Waals surface area contributed by atoms with Gasteiger partial charge in [-0.2, -0.15) is 13.2 Å². The first kappa shape index (κ1) is 18.4. The van der Waals surface area contributed by atoms with Crippen LogP contribution in [0.4, 0.5) is 13.2 Å². The molecule has 1 aromatic carbocycles. The molecule has 0 aliphatic rings. The molecule has 130 valence electrons. The number of ether oxygens (including phenoxy) is 1. The van der Waals surface area contributed by atoms with Crippen LogP contribution in [-0.2, 0) is 11.4 Å². The van der Waals surface area contributed by atoms with Gasteiger partial charge in [0.25, 0.3) is 0 Å².